The third-order valence-corrected chi connectivity index (χ3v) is 5.27. The van der Waals surface area contributed by atoms with Crippen molar-refractivity contribution < 1.29 is 9.53 Å². The molecule has 0 saturated carbocycles. The molecule has 2 fully saturated rings. The maximum atomic E-state index is 12.0. The topological polar surface area (TPSA) is 53.6 Å². The fraction of sp³-hybridized carbons (Fsp3) is 0.650. The molecule has 2 atom stereocenters. The molecule has 3 rings (SSSR count). The van der Waals surface area contributed by atoms with Crippen LogP contribution in [-0.2, 0) is 22.6 Å². The second-order valence-corrected chi connectivity index (χ2v) is 7.34. The molecule has 2 N–H and O–H groups in total. The predicted octanol–water partition coefficient (Wildman–Crippen LogP) is 2.06. The maximum absolute atomic E-state index is 12.0. The van der Waals surface area contributed by atoms with Gasteiger partial charge in [0.25, 0.3) is 0 Å². The average molecular weight is 345 g/mol. The Morgan fingerprint density at radius 3 is 2.80 bits per heavy atom. The van der Waals surface area contributed by atoms with E-state index in [0.29, 0.717) is 25.6 Å². The van der Waals surface area contributed by atoms with Crippen LogP contribution in [0.4, 0.5) is 0 Å². The lowest BCUT2D eigenvalue weighted by atomic mass is 10.0. The Hall–Kier alpha value is -1.43. The quantitative estimate of drug-likeness (QED) is 0.829. The van der Waals surface area contributed by atoms with Crippen LogP contribution in [0.15, 0.2) is 24.3 Å². The van der Waals surface area contributed by atoms with Crippen molar-refractivity contribution in [2.45, 2.75) is 57.8 Å². The van der Waals surface area contributed by atoms with Crippen LogP contribution in [-0.4, -0.2) is 49.2 Å². The zero-order valence-corrected chi connectivity index (χ0v) is 15.3. The monoisotopic (exact) mass is 345 g/mol. The fourth-order valence-corrected chi connectivity index (χ4v) is 3.64. The van der Waals surface area contributed by atoms with E-state index < -0.39 is 0 Å². The van der Waals surface area contributed by atoms with Gasteiger partial charge in [-0.05, 0) is 37.4 Å². The SMILES string of the molecule is CC1CCCCN1Cc1ccc(CNC(=O)CC2COCCN2)cc1. The van der Waals surface area contributed by atoms with Crippen molar-refractivity contribution in [3.05, 3.63) is 35.4 Å². The van der Waals surface area contributed by atoms with E-state index in [4.69, 9.17) is 4.74 Å². The largest absolute Gasteiger partial charge is 0.378 e. The zero-order chi connectivity index (χ0) is 17.5. The number of carbonyl (C=O) groups is 1. The highest BCUT2D eigenvalue weighted by Gasteiger charge is 2.18. The molecule has 0 spiro atoms. The Kier molecular flexibility index (Phi) is 6.84. The van der Waals surface area contributed by atoms with Crippen molar-refractivity contribution in [3.8, 4) is 0 Å². The number of nitrogens with one attached hydrogen (secondary N) is 2. The molecule has 2 saturated heterocycles. The molecule has 5 heteroatoms. The lowest BCUT2D eigenvalue weighted by molar-refractivity contribution is -0.122. The van der Waals surface area contributed by atoms with Crippen LogP contribution < -0.4 is 10.6 Å². The zero-order valence-electron chi connectivity index (χ0n) is 15.3. The molecule has 25 heavy (non-hydrogen) atoms. The average Bonchev–Trinajstić information content (AvgIpc) is 2.64. The van der Waals surface area contributed by atoms with Crippen LogP contribution in [0.5, 0.6) is 0 Å². The maximum Gasteiger partial charge on any atom is 0.221 e. The van der Waals surface area contributed by atoms with E-state index in [0.717, 1.165) is 25.3 Å². The van der Waals surface area contributed by atoms with E-state index in [1.54, 1.807) is 0 Å². The van der Waals surface area contributed by atoms with Gasteiger partial charge in [0.15, 0.2) is 0 Å². The first-order valence-corrected chi connectivity index (χ1v) is 9.60. The Bertz CT molecular complexity index is 540. The van der Waals surface area contributed by atoms with Gasteiger partial charge in [0.2, 0.25) is 5.91 Å². The lowest BCUT2D eigenvalue weighted by Crippen LogP contribution is -2.44. The summed E-state index contributed by atoms with van der Waals surface area (Å²) in [6.45, 7) is 7.34. The van der Waals surface area contributed by atoms with E-state index in [2.05, 4.69) is 46.7 Å². The van der Waals surface area contributed by atoms with Crippen molar-refractivity contribution in [1.82, 2.24) is 15.5 Å². The highest BCUT2D eigenvalue weighted by molar-refractivity contribution is 5.76. The van der Waals surface area contributed by atoms with Gasteiger partial charge in [0.05, 0.1) is 13.2 Å². The number of piperidine rings is 1. The number of hydrogen-bond donors (Lipinski definition) is 2. The molecule has 1 amide bonds. The van der Waals surface area contributed by atoms with Gasteiger partial charge in [0, 0.05) is 38.1 Å². The highest BCUT2D eigenvalue weighted by atomic mass is 16.5. The number of benzene rings is 1. The first kappa shape index (κ1) is 18.4. The van der Waals surface area contributed by atoms with Crippen molar-refractivity contribution in [2.24, 2.45) is 0 Å². The van der Waals surface area contributed by atoms with Gasteiger partial charge in [-0.2, -0.15) is 0 Å². The van der Waals surface area contributed by atoms with Gasteiger partial charge in [-0.1, -0.05) is 30.7 Å². The Labute approximate surface area is 151 Å². The van der Waals surface area contributed by atoms with Crippen LogP contribution in [0.3, 0.4) is 0 Å². The molecule has 2 unspecified atom stereocenters. The molecule has 138 valence electrons. The summed E-state index contributed by atoms with van der Waals surface area (Å²) < 4.78 is 5.38. The van der Waals surface area contributed by atoms with E-state index in [1.165, 1.54) is 31.4 Å². The van der Waals surface area contributed by atoms with Crippen molar-refractivity contribution in [2.75, 3.05) is 26.3 Å². The summed E-state index contributed by atoms with van der Waals surface area (Å²) in [4.78, 5) is 14.6. The molecule has 2 aliphatic rings. The summed E-state index contributed by atoms with van der Waals surface area (Å²) in [6, 6.07) is 9.48. The van der Waals surface area contributed by atoms with Gasteiger partial charge in [-0.25, -0.2) is 0 Å². The molecule has 0 radical (unpaired) electrons. The normalized spacial score (nSPS) is 24.8. The van der Waals surface area contributed by atoms with Crippen LogP contribution in [0, 0.1) is 0 Å². The van der Waals surface area contributed by atoms with E-state index >= 15 is 0 Å². The molecule has 0 aromatic heterocycles. The second-order valence-electron chi connectivity index (χ2n) is 7.34. The third-order valence-electron chi connectivity index (χ3n) is 5.27. The molecule has 0 aliphatic carbocycles. The number of amides is 1. The second kappa shape index (κ2) is 9.32. The van der Waals surface area contributed by atoms with Gasteiger partial charge in [-0.3, -0.25) is 9.69 Å². The summed E-state index contributed by atoms with van der Waals surface area (Å²) in [5.74, 6) is 0.0780. The number of nitrogens with zero attached hydrogens (tertiary/aromatic N) is 1. The van der Waals surface area contributed by atoms with Crippen molar-refractivity contribution in [1.29, 1.82) is 0 Å². The van der Waals surface area contributed by atoms with Gasteiger partial charge < -0.3 is 15.4 Å². The molecule has 2 heterocycles. The van der Waals surface area contributed by atoms with Gasteiger partial charge in [-0.15, -0.1) is 0 Å². The smallest absolute Gasteiger partial charge is 0.221 e. The summed E-state index contributed by atoms with van der Waals surface area (Å²) in [5.41, 5.74) is 2.50. The van der Waals surface area contributed by atoms with Crippen molar-refractivity contribution in [3.63, 3.8) is 0 Å². The number of rotatable bonds is 6. The predicted molar refractivity (Wildman–Crippen MR) is 99.2 cm³/mol. The Morgan fingerprint density at radius 1 is 1.28 bits per heavy atom. The van der Waals surface area contributed by atoms with Gasteiger partial charge >= 0.3 is 0 Å². The third kappa shape index (κ3) is 5.80. The molecular weight excluding hydrogens is 314 g/mol. The highest BCUT2D eigenvalue weighted by Crippen LogP contribution is 2.19. The number of morpholine rings is 1. The number of likely N-dealkylation sites (tertiary alicyclic amines) is 1. The van der Waals surface area contributed by atoms with Crippen LogP contribution in [0.2, 0.25) is 0 Å². The fourth-order valence-electron chi connectivity index (χ4n) is 3.64. The molecule has 2 aliphatic heterocycles. The first-order chi connectivity index (χ1) is 12.2. The lowest BCUT2D eigenvalue weighted by Gasteiger charge is -2.33. The Balaban J connectivity index is 1.41. The minimum Gasteiger partial charge on any atom is -0.378 e. The van der Waals surface area contributed by atoms with E-state index in [1.807, 2.05) is 0 Å². The molecule has 1 aromatic carbocycles. The first-order valence-electron chi connectivity index (χ1n) is 9.60. The van der Waals surface area contributed by atoms with Crippen molar-refractivity contribution >= 4 is 5.91 Å². The summed E-state index contributed by atoms with van der Waals surface area (Å²) in [6.07, 6.45) is 4.46. The number of carbonyl (C=O) groups excluding carboxylic acids is 1. The number of ether oxygens (including phenoxy) is 1. The van der Waals surface area contributed by atoms with E-state index in [-0.39, 0.29) is 11.9 Å². The minimum atomic E-state index is 0.0780. The molecule has 1 aromatic rings. The van der Waals surface area contributed by atoms with Gasteiger partial charge in [0.1, 0.15) is 0 Å². The molecular formula is C20H31N3O2. The number of hydrogen-bond acceptors (Lipinski definition) is 4. The van der Waals surface area contributed by atoms with Crippen LogP contribution in [0.25, 0.3) is 0 Å². The Morgan fingerprint density at radius 2 is 2.08 bits per heavy atom. The standard InChI is InChI=1S/C20H31N3O2/c1-16-4-2-3-10-23(16)14-18-7-5-17(6-8-18)13-22-20(24)12-19-15-25-11-9-21-19/h5-8,16,19,21H,2-4,9-15H2,1H3,(H,22,24). The summed E-state index contributed by atoms with van der Waals surface area (Å²) >= 11 is 0. The summed E-state index contributed by atoms with van der Waals surface area (Å²) in [7, 11) is 0. The molecule has 5 nitrogen and oxygen atoms in total. The van der Waals surface area contributed by atoms with E-state index in [9.17, 15) is 4.79 Å². The molecule has 0 bridgehead atoms. The minimum absolute atomic E-state index is 0.0780. The van der Waals surface area contributed by atoms with Crippen LogP contribution >= 0.6 is 0 Å². The van der Waals surface area contributed by atoms with Crippen LogP contribution in [0.1, 0.15) is 43.7 Å². The summed E-state index contributed by atoms with van der Waals surface area (Å²) in [5, 5.41) is 6.32.